The van der Waals surface area contributed by atoms with Gasteiger partial charge in [0.15, 0.2) is 0 Å². The molecule has 0 amide bonds. The van der Waals surface area contributed by atoms with Crippen LogP contribution in [0.15, 0.2) is 41.6 Å². The van der Waals surface area contributed by atoms with E-state index in [1.807, 2.05) is 0 Å². The Morgan fingerprint density at radius 1 is 1.25 bits per heavy atom. The molecule has 0 bridgehead atoms. The van der Waals surface area contributed by atoms with E-state index >= 15 is 0 Å². The Hall–Kier alpha value is -1.70. The molecular formula is C12H12ClN3O3S. The predicted octanol–water partition coefficient (Wildman–Crippen LogP) is 1.62. The van der Waals surface area contributed by atoms with Gasteiger partial charge in [0, 0.05) is 25.0 Å². The largest absolute Gasteiger partial charge is 0.481 e. The van der Waals surface area contributed by atoms with E-state index in [9.17, 15) is 8.42 Å². The van der Waals surface area contributed by atoms with Crippen molar-refractivity contribution in [3.8, 4) is 5.88 Å². The molecule has 0 aliphatic carbocycles. The first-order chi connectivity index (χ1) is 9.51. The first kappa shape index (κ1) is 14.7. The number of hydrogen-bond donors (Lipinski definition) is 1. The molecule has 20 heavy (non-hydrogen) atoms. The molecule has 1 N–H and O–H groups in total. The van der Waals surface area contributed by atoms with Crippen LogP contribution in [-0.4, -0.2) is 25.5 Å². The maximum Gasteiger partial charge on any atom is 0.241 e. The number of ether oxygens (including phenoxy) is 1. The fraction of sp³-hybridized carbons (Fsp3) is 0.167. The highest BCUT2D eigenvalue weighted by molar-refractivity contribution is 7.89. The number of aromatic nitrogens is 2. The lowest BCUT2D eigenvalue weighted by Gasteiger charge is -2.07. The van der Waals surface area contributed by atoms with Gasteiger partial charge in [0.25, 0.3) is 0 Å². The summed E-state index contributed by atoms with van der Waals surface area (Å²) in [5.41, 5.74) is 0.737. The van der Waals surface area contributed by atoms with E-state index < -0.39 is 10.0 Å². The van der Waals surface area contributed by atoms with Crippen LogP contribution < -0.4 is 9.46 Å². The zero-order chi connectivity index (χ0) is 14.6. The maximum absolute atomic E-state index is 12.1. The van der Waals surface area contributed by atoms with Crippen LogP contribution in [-0.2, 0) is 16.6 Å². The van der Waals surface area contributed by atoms with E-state index in [1.165, 1.54) is 25.4 Å². The number of methoxy groups -OCH3 is 1. The van der Waals surface area contributed by atoms with Gasteiger partial charge in [-0.05, 0) is 23.8 Å². The van der Waals surface area contributed by atoms with Gasteiger partial charge >= 0.3 is 0 Å². The Labute approximate surface area is 121 Å². The molecule has 2 aromatic rings. The van der Waals surface area contributed by atoms with E-state index in [0.717, 1.165) is 5.56 Å². The van der Waals surface area contributed by atoms with Crippen LogP contribution in [0.4, 0.5) is 0 Å². The fourth-order valence-corrected chi connectivity index (χ4v) is 2.75. The van der Waals surface area contributed by atoms with Crippen LogP contribution in [0.5, 0.6) is 5.88 Å². The lowest BCUT2D eigenvalue weighted by Crippen LogP contribution is -2.23. The van der Waals surface area contributed by atoms with Crippen molar-refractivity contribution in [3.63, 3.8) is 0 Å². The number of nitrogens with zero attached hydrogens (tertiary/aromatic N) is 2. The Bertz CT molecular complexity index is 707. The van der Waals surface area contributed by atoms with E-state index in [4.69, 9.17) is 16.3 Å². The molecule has 2 heterocycles. The molecule has 0 radical (unpaired) electrons. The highest BCUT2D eigenvalue weighted by Gasteiger charge is 2.14. The summed E-state index contributed by atoms with van der Waals surface area (Å²) in [5, 5.41) is 0.124. The summed E-state index contributed by atoms with van der Waals surface area (Å²) >= 11 is 5.68. The van der Waals surface area contributed by atoms with E-state index in [0.29, 0.717) is 5.88 Å². The molecule has 2 rings (SSSR count). The number of sulfonamides is 1. The van der Waals surface area contributed by atoms with Crippen molar-refractivity contribution < 1.29 is 13.2 Å². The third-order valence-corrected chi connectivity index (χ3v) is 4.09. The summed E-state index contributed by atoms with van der Waals surface area (Å²) in [6, 6.07) is 6.02. The Kier molecular flexibility index (Phi) is 4.53. The number of halogens is 1. The molecule has 2 aromatic heterocycles. The fourth-order valence-electron chi connectivity index (χ4n) is 1.49. The second-order valence-corrected chi connectivity index (χ2v) is 6.00. The van der Waals surface area contributed by atoms with Crippen molar-refractivity contribution in [1.82, 2.24) is 14.7 Å². The highest BCUT2D eigenvalue weighted by atomic mass is 35.5. The minimum atomic E-state index is -3.64. The average Bonchev–Trinajstić information content (AvgIpc) is 2.45. The van der Waals surface area contributed by atoms with Gasteiger partial charge in [-0.15, -0.1) is 0 Å². The molecule has 0 unspecified atom stereocenters. The molecule has 8 heteroatoms. The topological polar surface area (TPSA) is 81.2 Å². The van der Waals surface area contributed by atoms with Gasteiger partial charge in [0.1, 0.15) is 5.15 Å². The summed E-state index contributed by atoms with van der Waals surface area (Å²) in [6.07, 6.45) is 2.89. The molecule has 6 nitrogen and oxygen atoms in total. The van der Waals surface area contributed by atoms with Crippen molar-refractivity contribution in [2.24, 2.45) is 0 Å². The second kappa shape index (κ2) is 6.17. The molecule has 0 aliphatic rings. The number of pyridine rings is 2. The monoisotopic (exact) mass is 313 g/mol. The van der Waals surface area contributed by atoms with E-state index in [1.54, 1.807) is 18.3 Å². The van der Waals surface area contributed by atoms with Gasteiger partial charge in [0.05, 0.1) is 12.0 Å². The van der Waals surface area contributed by atoms with Gasteiger partial charge in [-0.2, -0.15) is 0 Å². The van der Waals surface area contributed by atoms with Crippen molar-refractivity contribution in [1.29, 1.82) is 0 Å². The number of nitrogens with one attached hydrogen (secondary N) is 1. The van der Waals surface area contributed by atoms with Crippen LogP contribution in [0.25, 0.3) is 0 Å². The molecule has 0 saturated carbocycles. The minimum Gasteiger partial charge on any atom is -0.481 e. The minimum absolute atomic E-state index is 0.0681. The predicted molar refractivity (Wildman–Crippen MR) is 74.1 cm³/mol. The lowest BCUT2D eigenvalue weighted by atomic mass is 10.3. The standard InChI is InChI=1S/C12H12ClN3O3S/c1-19-12-6-9(2-4-15-12)8-16-20(17,18)10-3-5-14-11(13)7-10/h2-7,16H,8H2,1H3. The van der Waals surface area contributed by atoms with Crippen LogP contribution >= 0.6 is 11.6 Å². The average molecular weight is 314 g/mol. The van der Waals surface area contributed by atoms with E-state index in [2.05, 4.69) is 14.7 Å². The molecule has 0 atom stereocenters. The Morgan fingerprint density at radius 3 is 2.70 bits per heavy atom. The Balaban J connectivity index is 2.13. The smallest absolute Gasteiger partial charge is 0.241 e. The third-order valence-electron chi connectivity index (χ3n) is 2.48. The summed E-state index contributed by atoms with van der Waals surface area (Å²) < 4.78 is 31.6. The zero-order valence-electron chi connectivity index (χ0n) is 10.6. The Morgan fingerprint density at radius 2 is 2.00 bits per heavy atom. The summed E-state index contributed by atoms with van der Waals surface area (Å²) in [6.45, 7) is 0.126. The lowest BCUT2D eigenvalue weighted by molar-refractivity contribution is 0.397. The maximum atomic E-state index is 12.1. The van der Waals surface area contributed by atoms with Crippen molar-refractivity contribution >= 4 is 21.6 Å². The molecule has 0 aliphatic heterocycles. The summed E-state index contributed by atoms with van der Waals surface area (Å²) in [4.78, 5) is 7.76. The first-order valence-corrected chi connectivity index (χ1v) is 7.47. The second-order valence-electron chi connectivity index (χ2n) is 3.85. The quantitative estimate of drug-likeness (QED) is 0.848. The van der Waals surface area contributed by atoms with Gasteiger partial charge < -0.3 is 4.74 Å². The van der Waals surface area contributed by atoms with Crippen molar-refractivity contribution in [2.75, 3.05) is 7.11 Å². The number of rotatable bonds is 5. The van der Waals surface area contributed by atoms with Gasteiger partial charge in [0.2, 0.25) is 15.9 Å². The molecule has 106 valence electrons. The van der Waals surface area contributed by atoms with E-state index in [-0.39, 0.29) is 16.6 Å². The summed E-state index contributed by atoms with van der Waals surface area (Å²) in [5.74, 6) is 0.425. The van der Waals surface area contributed by atoms with Gasteiger partial charge in [-0.25, -0.2) is 23.1 Å². The van der Waals surface area contributed by atoms with Gasteiger partial charge in [-0.3, -0.25) is 0 Å². The summed E-state index contributed by atoms with van der Waals surface area (Å²) in [7, 11) is -2.14. The SMILES string of the molecule is COc1cc(CNS(=O)(=O)c2ccnc(Cl)c2)ccn1. The van der Waals surface area contributed by atoms with Crippen molar-refractivity contribution in [2.45, 2.75) is 11.4 Å². The third kappa shape index (κ3) is 3.66. The van der Waals surface area contributed by atoms with Crippen LogP contribution in [0.3, 0.4) is 0 Å². The number of hydrogen-bond acceptors (Lipinski definition) is 5. The molecule has 0 aromatic carbocycles. The van der Waals surface area contributed by atoms with Crippen LogP contribution in [0.1, 0.15) is 5.56 Å². The zero-order valence-corrected chi connectivity index (χ0v) is 12.1. The van der Waals surface area contributed by atoms with Crippen LogP contribution in [0, 0.1) is 0 Å². The molecule has 0 fully saturated rings. The normalized spacial score (nSPS) is 11.3. The van der Waals surface area contributed by atoms with Crippen molar-refractivity contribution in [3.05, 3.63) is 47.4 Å². The first-order valence-electron chi connectivity index (χ1n) is 5.61. The van der Waals surface area contributed by atoms with Gasteiger partial charge in [-0.1, -0.05) is 11.6 Å². The molecule has 0 saturated heterocycles. The molecular weight excluding hydrogens is 302 g/mol. The highest BCUT2D eigenvalue weighted by Crippen LogP contribution is 2.14. The molecule has 0 spiro atoms. The van der Waals surface area contributed by atoms with Crippen LogP contribution in [0.2, 0.25) is 5.15 Å².